The summed E-state index contributed by atoms with van der Waals surface area (Å²) in [5, 5.41) is 8.07. The fourth-order valence-corrected chi connectivity index (χ4v) is 3.36. The van der Waals surface area contributed by atoms with Gasteiger partial charge in [0.05, 0.1) is 5.56 Å². The molecule has 1 aliphatic rings. The first-order valence-corrected chi connectivity index (χ1v) is 8.11. The molecule has 5 nitrogen and oxygen atoms in total. The highest BCUT2D eigenvalue weighted by Crippen LogP contribution is 2.41. The van der Waals surface area contributed by atoms with Crippen LogP contribution in [-0.4, -0.2) is 27.0 Å². The molecular weight excluding hydrogens is 357 g/mol. The second kappa shape index (κ2) is 6.47. The van der Waals surface area contributed by atoms with Crippen LogP contribution in [0.3, 0.4) is 0 Å². The second-order valence-electron chi connectivity index (χ2n) is 5.56. The molecule has 0 saturated heterocycles. The molecule has 2 heterocycles. The van der Waals surface area contributed by atoms with Gasteiger partial charge in [-0.15, -0.1) is 11.8 Å². The SMILES string of the molecule is Cn1nc(C(F)(F)P)c(CSC2=NOC(C)(C)C2)c1OC(F)F. The van der Waals surface area contributed by atoms with Crippen LogP contribution < -0.4 is 4.74 Å². The Hall–Kier alpha value is -1.02. The van der Waals surface area contributed by atoms with Crippen molar-refractivity contribution in [3.8, 4) is 5.88 Å². The van der Waals surface area contributed by atoms with Crippen LogP contribution in [0.1, 0.15) is 31.5 Å². The Morgan fingerprint density at radius 3 is 2.61 bits per heavy atom. The summed E-state index contributed by atoms with van der Waals surface area (Å²) in [7, 11) is 2.62. The van der Waals surface area contributed by atoms with E-state index in [9.17, 15) is 17.6 Å². The maximum Gasteiger partial charge on any atom is 0.388 e. The summed E-state index contributed by atoms with van der Waals surface area (Å²) >= 11 is 1.13. The molecule has 0 fully saturated rings. The van der Waals surface area contributed by atoms with E-state index >= 15 is 0 Å². The third kappa shape index (κ3) is 4.50. The van der Waals surface area contributed by atoms with Gasteiger partial charge in [0.15, 0.2) is 0 Å². The number of hydrogen-bond donors (Lipinski definition) is 0. The van der Waals surface area contributed by atoms with Crippen LogP contribution in [-0.2, 0) is 23.3 Å². The average molecular weight is 373 g/mol. The molecule has 1 aromatic heterocycles. The minimum absolute atomic E-state index is 0.0342. The second-order valence-corrected chi connectivity index (χ2v) is 7.33. The van der Waals surface area contributed by atoms with E-state index in [0.717, 1.165) is 16.4 Å². The van der Waals surface area contributed by atoms with E-state index in [1.807, 2.05) is 13.8 Å². The molecule has 0 N–H and O–H groups in total. The molecule has 0 radical (unpaired) electrons. The van der Waals surface area contributed by atoms with Crippen molar-refractivity contribution in [2.75, 3.05) is 0 Å². The van der Waals surface area contributed by atoms with Gasteiger partial charge in [0.25, 0.3) is 0 Å². The van der Waals surface area contributed by atoms with E-state index in [2.05, 4.69) is 15.0 Å². The van der Waals surface area contributed by atoms with E-state index in [1.54, 1.807) is 0 Å². The maximum absolute atomic E-state index is 13.6. The van der Waals surface area contributed by atoms with Crippen molar-refractivity contribution in [1.29, 1.82) is 0 Å². The normalized spacial score (nSPS) is 17.3. The van der Waals surface area contributed by atoms with Crippen molar-refractivity contribution in [2.24, 2.45) is 12.2 Å². The number of ether oxygens (including phenoxy) is 1. The monoisotopic (exact) mass is 373 g/mol. The van der Waals surface area contributed by atoms with Gasteiger partial charge in [0.2, 0.25) is 5.88 Å². The summed E-state index contributed by atoms with van der Waals surface area (Å²) in [6.07, 6.45) is 0.509. The van der Waals surface area contributed by atoms with Crippen LogP contribution in [0.15, 0.2) is 5.16 Å². The van der Waals surface area contributed by atoms with Gasteiger partial charge in [0.1, 0.15) is 16.3 Å². The van der Waals surface area contributed by atoms with Crippen LogP contribution in [0, 0.1) is 0 Å². The maximum atomic E-state index is 13.6. The Balaban J connectivity index is 2.24. The minimum atomic E-state index is -3.36. The first-order valence-electron chi connectivity index (χ1n) is 6.55. The molecule has 23 heavy (non-hydrogen) atoms. The molecule has 0 spiro atoms. The van der Waals surface area contributed by atoms with Crippen molar-refractivity contribution in [3.63, 3.8) is 0 Å². The lowest BCUT2D eigenvalue weighted by atomic mass is 10.1. The van der Waals surface area contributed by atoms with Gasteiger partial charge in [-0.1, -0.05) is 14.4 Å². The highest BCUT2D eigenvalue weighted by Gasteiger charge is 2.36. The molecule has 0 amide bonds. The van der Waals surface area contributed by atoms with Crippen LogP contribution in [0.5, 0.6) is 5.88 Å². The number of aromatic nitrogens is 2. The summed E-state index contributed by atoms with van der Waals surface area (Å²) < 4.78 is 57.6. The van der Waals surface area contributed by atoms with Crippen LogP contribution >= 0.6 is 21.0 Å². The average Bonchev–Trinajstić information content (AvgIpc) is 2.88. The summed E-state index contributed by atoms with van der Waals surface area (Å²) in [5.41, 5.74) is -4.53. The van der Waals surface area contributed by atoms with E-state index < -0.39 is 23.6 Å². The lowest BCUT2D eigenvalue weighted by Gasteiger charge is -2.13. The lowest BCUT2D eigenvalue weighted by molar-refractivity contribution is -0.0558. The Bertz CT molecular complexity index is 616. The molecule has 1 aromatic rings. The van der Waals surface area contributed by atoms with Crippen molar-refractivity contribution in [1.82, 2.24) is 9.78 Å². The third-order valence-corrected chi connectivity index (χ3v) is 4.22. The quantitative estimate of drug-likeness (QED) is 0.584. The summed E-state index contributed by atoms with van der Waals surface area (Å²) in [6.45, 7) is 0.537. The van der Waals surface area contributed by atoms with E-state index in [4.69, 9.17) is 4.84 Å². The van der Waals surface area contributed by atoms with E-state index in [1.165, 1.54) is 16.3 Å². The van der Waals surface area contributed by atoms with Crippen molar-refractivity contribution in [3.05, 3.63) is 11.3 Å². The zero-order valence-electron chi connectivity index (χ0n) is 12.6. The topological polar surface area (TPSA) is 48.6 Å². The number of thioether (sulfide) groups is 1. The Morgan fingerprint density at radius 2 is 2.13 bits per heavy atom. The number of halogens is 4. The first kappa shape index (κ1) is 18.3. The zero-order chi connectivity index (χ0) is 17.4. The van der Waals surface area contributed by atoms with Gasteiger partial charge < -0.3 is 9.57 Å². The van der Waals surface area contributed by atoms with Gasteiger partial charge in [-0.25, -0.2) is 4.68 Å². The molecule has 1 aliphatic heterocycles. The Labute approximate surface area is 137 Å². The van der Waals surface area contributed by atoms with Crippen LogP contribution in [0.2, 0.25) is 0 Å². The number of alkyl halides is 4. The van der Waals surface area contributed by atoms with Crippen molar-refractivity contribution in [2.45, 2.75) is 43.9 Å². The van der Waals surface area contributed by atoms with Crippen LogP contribution in [0.25, 0.3) is 0 Å². The Kier molecular flexibility index (Phi) is 5.15. The zero-order valence-corrected chi connectivity index (χ0v) is 14.6. The molecular formula is C12H16F4N3O2PS. The predicted molar refractivity (Wildman–Crippen MR) is 82.0 cm³/mol. The number of aryl methyl sites for hydroxylation is 1. The molecule has 2 rings (SSSR count). The Morgan fingerprint density at radius 1 is 1.48 bits per heavy atom. The first-order chi connectivity index (χ1) is 10.5. The fraction of sp³-hybridized carbons (Fsp3) is 0.667. The highest BCUT2D eigenvalue weighted by molar-refractivity contribution is 8.13. The predicted octanol–water partition coefficient (Wildman–Crippen LogP) is 3.69. The molecule has 0 aromatic carbocycles. The molecule has 1 unspecified atom stereocenters. The molecule has 0 saturated carbocycles. The number of hydrogen-bond acceptors (Lipinski definition) is 5. The van der Waals surface area contributed by atoms with E-state index in [0.29, 0.717) is 11.5 Å². The number of rotatable bonds is 5. The van der Waals surface area contributed by atoms with Gasteiger partial charge in [0, 0.05) is 19.2 Å². The van der Waals surface area contributed by atoms with Crippen molar-refractivity contribution < 1.29 is 27.1 Å². The smallest absolute Gasteiger partial charge is 0.388 e. The summed E-state index contributed by atoms with van der Waals surface area (Å²) in [6, 6.07) is 0. The molecule has 0 aliphatic carbocycles. The van der Waals surface area contributed by atoms with Crippen molar-refractivity contribution >= 4 is 26.0 Å². The molecule has 1 atom stereocenters. The third-order valence-electron chi connectivity index (χ3n) is 2.96. The van der Waals surface area contributed by atoms with Crippen LogP contribution in [0.4, 0.5) is 17.6 Å². The number of nitrogens with zero attached hydrogens (tertiary/aromatic N) is 3. The molecule has 11 heteroatoms. The lowest BCUT2D eigenvalue weighted by Crippen LogP contribution is -2.18. The number of oxime groups is 1. The van der Waals surface area contributed by atoms with Gasteiger partial charge >= 0.3 is 12.3 Å². The molecule has 0 bridgehead atoms. The largest absolute Gasteiger partial charge is 0.417 e. The minimum Gasteiger partial charge on any atom is -0.417 e. The molecule has 130 valence electrons. The van der Waals surface area contributed by atoms with E-state index in [-0.39, 0.29) is 17.2 Å². The van der Waals surface area contributed by atoms with Gasteiger partial charge in [-0.05, 0) is 13.8 Å². The fourth-order valence-electron chi connectivity index (χ4n) is 2.02. The standard InChI is InChI=1S/C12H16F4N3O2PS/c1-11(2)4-7(18-21-11)23-5-6-8(12(15,16)22)17-19(3)9(6)20-10(13)14/h10H,4-5,22H2,1-3H3. The summed E-state index contributed by atoms with van der Waals surface area (Å²) in [4.78, 5) is 5.18. The van der Waals surface area contributed by atoms with Gasteiger partial charge in [-0.2, -0.15) is 22.7 Å². The summed E-state index contributed by atoms with van der Waals surface area (Å²) in [5.74, 6) is -0.420. The van der Waals surface area contributed by atoms with Gasteiger partial charge in [-0.3, -0.25) is 0 Å². The highest BCUT2D eigenvalue weighted by atomic mass is 32.2.